The maximum Gasteiger partial charge on any atom is 0.303 e. The number of anilines is 1. The molecule has 0 aliphatic rings. The molecule has 4 rings (SSSR count). The first-order valence-electron chi connectivity index (χ1n) is 14.3. The summed E-state index contributed by atoms with van der Waals surface area (Å²) < 4.78 is 2.17. The van der Waals surface area contributed by atoms with Crippen molar-refractivity contribution in [3.05, 3.63) is 95.7 Å². The molecule has 9 nitrogen and oxygen atoms in total. The van der Waals surface area contributed by atoms with Crippen molar-refractivity contribution in [3.8, 4) is 5.69 Å². The van der Waals surface area contributed by atoms with Crippen LogP contribution < -0.4 is 11.1 Å². The molecule has 0 aliphatic heterocycles. The van der Waals surface area contributed by atoms with Gasteiger partial charge in [-0.15, -0.1) is 0 Å². The number of carbonyl (C=O) groups is 2. The van der Waals surface area contributed by atoms with Crippen molar-refractivity contribution in [1.82, 2.24) is 4.57 Å². The molecule has 0 radical (unpaired) electrons. The van der Waals surface area contributed by atoms with Gasteiger partial charge in [-0.25, -0.2) is 0 Å². The second-order valence-electron chi connectivity index (χ2n) is 11.8. The zero-order valence-corrected chi connectivity index (χ0v) is 25.1. The Morgan fingerprint density at radius 2 is 1.44 bits per heavy atom. The van der Waals surface area contributed by atoms with E-state index in [0.717, 1.165) is 40.7 Å². The molecule has 3 aromatic carbocycles. The topological polar surface area (TPSA) is 158 Å². The van der Waals surface area contributed by atoms with Gasteiger partial charge in [-0.05, 0) is 72.4 Å². The lowest BCUT2D eigenvalue weighted by Crippen LogP contribution is -2.50. The number of aromatic nitrogens is 1. The van der Waals surface area contributed by atoms with Gasteiger partial charge < -0.3 is 36.0 Å². The number of nitrogens with one attached hydrogen (secondary N) is 1. The molecular formula is C34H43N3O6. The van der Waals surface area contributed by atoms with E-state index in [1.54, 1.807) is 0 Å². The molecule has 230 valence electrons. The molecule has 0 saturated heterocycles. The monoisotopic (exact) mass is 589 g/mol. The van der Waals surface area contributed by atoms with E-state index in [0.29, 0.717) is 6.42 Å². The van der Waals surface area contributed by atoms with E-state index in [1.807, 2.05) is 57.2 Å². The minimum Gasteiger partial charge on any atom is -0.481 e. The fourth-order valence-corrected chi connectivity index (χ4v) is 4.26. The first-order chi connectivity index (χ1) is 20.4. The molecule has 43 heavy (non-hydrogen) atoms. The summed E-state index contributed by atoms with van der Waals surface area (Å²) >= 11 is 0. The van der Waals surface area contributed by atoms with Crippen LogP contribution in [-0.2, 0) is 28.9 Å². The van der Waals surface area contributed by atoms with Gasteiger partial charge in [0.15, 0.2) is 0 Å². The van der Waals surface area contributed by atoms with Crippen LogP contribution in [-0.4, -0.2) is 62.2 Å². The number of carbonyl (C=O) groups excluding carboxylic acids is 1. The third-order valence-electron chi connectivity index (χ3n) is 7.13. The Bertz CT molecular complexity index is 1480. The Morgan fingerprint density at radius 1 is 0.814 bits per heavy atom. The van der Waals surface area contributed by atoms with Crippen LogP contribution in [0.15, 0.2) is 79.0 Å². The van der Waals surface area contributed by atoms with Crippen LogP contribution in [0.4, 0.5) is 5.69 Å². The molecule has 4 aromatic rings. The molecule has 0 bridgehead atoms. The van der Waals surface area contributed by atoms with Crippen molar-refractivity contribution in [2.75, 3.05) is 25.1 Å². The number of hydrogen-bond donors (Lipinski definition) is 6. The number of aliphatic hydroxyl groups excluding tert-OH is 3. The smallest absolute Gasteiger partial charge is 0.303 e. The number of nitrogens with two attached hydrogens (primary N) is 1. The second kappa shape index (κ2) is 14.9. The highest BCUT2D eigenvalue weighted by Gasteiger charge is 2.22. The van der Waals surface area contributed by atoms with Crippen molar-refractivity contribution < 1.29 is 30.0 Å². The minimum absolute atomic E-state index is 0.0197. The summed E-state index contributed by atoms with van der Waals surface area (Å²) in [7, 11) is 0. The number of aliphatic hydroxyl groups is 3. The van der Waals surface area contributed by atoms with Crippen LogP contribution >= 0.6 is 0 Å². The number of amides is 1. The highest BCUT2D eigenvalue weighted by molar-refractivity contribution is 5.94. The zero-order chi connectivity index (χ0) is 31.6. The zero-order valence-electron chi connectivity index (χ0n) is 25.1. The number of carboxylic acid groups (broad SMARTS) is 1. The lowest BCUT2D eigenvalue weighted by Gasteiger charge is -2.20. The number of fused-ring (bicyclic) bond motifs is 1. The standard InChI is InChI=1S/C30H32N2O3.C4H11NO3/c1-30(2,3)29(35)31-24-13-15-25(16-14-24)32-20-23(12-9-21-7-5-4-6-8-21)26-19-22(10-17-27(26)32)11-18-28(33)34;5-4(1-6,2-7)3-8/h4-8,10,13-17,19-20H,9,11-12,18H2,1-3H3,(H,31,35)(H,33,34);6-8H,1-3,5H2. The van der Waals surface area contributed by atoms with E-state index in [1.165, 1.54) is 11.1 Å². The summed E-state index contributed by atoms with van der Waals surface area (Å²) in [6.07, 6.45) is 4.62. The summed E-state index contributed by atoms with van der Waals surface area (Å²) in [6.45, 7) is 4.47. The molecule has 1 amide bonds. The van der Waals surface area contributed by atoms with Crippen molar-refractivity contribution in [2.45, 2.75) is 52.0 Å². The van der Waals surface area contributed by atoms with Gasteiger partial charge in [0.25, 0.3) is 0 Å². The fraction of sp³-hybridized carbons (Fsp3) is 0.353. The molecule has 7 N–H and O–H groups in total. The van der Waals surface area contributed by atoms with Gasteiger partial charge in [0, 0.05) is 34.8 Å². The maximum atomic E-state index is 12.3. The average Bonchev–Trinajstić information content (AvgIpc) is 3.37. The van der Waals surface area contributed by atoms with Crippen molar-refractivity contribution >= 4 is 28.5 Å². The lowest BCUT2D eigenvalue weighted by molar-refractivity contribution is -0.137. The summed E-state index contributed by atoms with van der Waals surface area (Å²) in [5.41, 5.74) is 9.88. The lowest BCUT2D eigenvalue weighted by atomic mass is 9.95. The summed E-state index contributed by atoms with van der Waals surface area (Å²) in [5.74, 6) is -0.806. The van der Waals surface area contributed by atoms with Crippen LogP contribution in [0.3, 0.4) is 0 Å². The molecular weight excluding hydrogens is 546 g/mol. The molecule has 1 heterocycles. The van der Waals surface area contributed by atoms with Crippen molar-refractivity contribution in [1.29, 1.82) is 0 Å². The maximum absolute atomic E-state index is 12.3. The Labute approximate surface area is 252 Å². The summed E-state index contributed by atoms with van der Waals surface area (Å²) in [6, 6.07) is 24.5. The third kappa shape index (κ3) is 9.49. The number of rotatable bonds is 11. The first-order valence-corrected chi connectivity index (χ1v) is 14.3. The SMILES string of the molecule is CC(C)(C)C(=O)Nc1ccc(-n2cc(CCc3ccccc3)c3cc(CCC(=O)O)ccc32)cc1.NC(CO)(CO)CO. The average molecular weight is 590 g/mol. The van der Waals surface area contributed by atoms with E-state index < -0.39 is 36.7 Å². The van der Waals surface area contributed by atoms with E-state index in [4.69, 9.17) is 26.2 Å². The number of carboxylic acids is 1. The van der Waals surface area contributed by atoms with Gasteiger partial charge in [-0.1, -0.05) is 57.2 Å². The van der Waals surface area contributed by atoms with E-state index in [-0.39, 0.29) is 12.3 Å². The van der Waals surface area contributed by atoms with Crippen LogP contribution in [0.5, 0.6) is 0 Å². The van der Waals surface area contributed by atoms with Gasteiger partial charge >= 0.3 is 5.97 Å². The molecule has 0 fully saturated rings. The number of aryl methyl sites for hydroxylation is 3. The highest BCUT2D eigenvalue weighted by Crippen LogP contribution is 2.29. The van der Waals surface area contributed by atoms with Crippen LogP contribution in [0.25, 0.3) is 16.6 Å². The summed E-state index contributed by atoms with van der Waals surface area (Å²) in [4.78, 5) is 23.4. The molecule has 0 atom stereocenters. The Kier molecular flexibility index (Phi) is 11.6. The molecule has 9 heteroatoms. The molecule has 0 saturated carbocycles. The van der Waals surface area contributed by atoms with Gasteiger partial charge in [0.1, 0.15) is 0 Å². The number of hydrogen-bond acceptors (Lipinski definition) is 6. The molecule has 0 unspecified atom stereocenters. The van der Waals surface area contributed by atoms with E-state index in [2.05, 4.69) is 52.5 Å². The quantitative estimate of drug-likeness (QED) is 0.154. The predicted octanol–water partition coefficient (Wildman–Crippen LogP) is 4.08. The van der Waals surface area contributed by atoms with Crippen LogP contribution in [0.1, 0.15) is 43.9 Å². The van der Waals surface area contributed by atoms with E-state index >= 15 is 0 Å². The third-order valence-corrected chi connectivity index (χ3v) is 7.13. The highest BCUT2D eigenvalue weighted by atomic mass is 16.4. The van der Waals surface area contributed by atoms with Crippen molar-refractivity contribution in [3.63, 3.8) is 0 Å². The largest absolute Gasteiger partial charge is 0.481 e. The molecule has 0 aliphatic carbocycles. The molecule has 1 aromatic heterocycles. The van der Waals surface area contributed by atoms with Crippen LogP contribution in [0.2, 0.25) is 0 Å². The van der Waals surface area contributed by atoms with Crippen LogP contribution in [0, 0.1) is 5.41 Å². The predicted molar refractivity (Wildman–Crippen MR) is 169 cm³/mol. The van der Waals surface area contributed by atoms with Gasteiger partial charge in [0.05, 0.1) is 30.9 Å². The van der Waals surface area contributed by atoms with Gasteiger partial charge in [0.2, 0.25) is 5.91 Å². The first kappa shape index (κ1) is 33.5. The second-order valence-corrected chi connectivity index (χ2v) is 11.8. The summed E-state index contributed by atoms with van der Waals surface area (Å²) in [5, 5.41) is 38.2. The molecule has 0 spiro atoms. The van der Waals surface area contributed by atoms with Gasteiger partial charge in [-0.2, -0.15) is 0 Å². The number of benzene rings is 3. The Hall–Kier alpha value is -4.02. The van der Waals surface area contributed by atoms with E-state index in [9.17, 15) is 9.59 Å². The normalized spacial score (nSPS) is 11.6. The van der Waals surface area contributed by atoms with Crippen molar-refractivity contribution in [2.24, 2.45) is 11.1 Å². The van der Waals surface area contributed by atoms with Gasteiger partial charge in [-0.3, -0.25) is 9.59 Å². The number of nitrogens with zero attached hydrogens (tertiary/aromatic N) is 1. The Balaban J connectivity index is 0.000000557. The fourth-order valence-electron chi connectivity index (χ4n) is 4.26. The minimum atomic E-state index is -1.21. The number of aliphatic carboxylic acids is 1. The Morgan fingerprint density at radius 3 is 1.98 bits per heavy atom.